The molecule has 0 aliphatic heterocycles. The van der Waals surface area contributed by atoms with Gasteiger partial charge in [0.2, 0.25) is 5.91 Å². The molecule has 0 saturated carbocycles. The second-order valence-corrected chi connectivity index (χ2v) is 3.63. The molecular weight excluding hydrogens is 233 g/mol. The van der Waals surface area contributed by atoms with Crippen molar-refractivity contribution in [2.45, 2.75) is 19.0 Å². The summed E-state index contributed by atoms with van der Waals surface area (Å²) in [7, 11) is 1.41. The third-order valence-electron chi connectivity index (χ3n) is 2.29. The second-order valence-electron chi connectivity index (χ2n) is 3.63. The van der Waals surface area contributed by atoms with Crippen LogP contribution in [0.4, 0.5) is 24.5 Å². The van der Waals surface area contributed by atoms with Gasteiger partial charge in [-0.1, -0.05) is 12.1 Å². The van der Waals surface area contributed by atoms with Crippen molar-refractivity contribution < 1.29 is 18.0 Å². The molecule has 0 atom stereocenters. The van der Waals surface area contributed by atoms with Crippen LogP contribution in [0.3, 0.4) is 0 Å². The minimum atomic E-state index is -4.32. The summed E-state index contributed by atoms with van der Waals surface area (Å²) in [4.78, 5) is 12.7. The number of para-hydroxylation sites is 2. The molecule has 2 N–H and O–H groups in total. The van der Waals surface area contributed by atoms with Crippen LogP contribution in [-0.2, 0) is 4.79 Å². The number of carbonyl (C=O) groups is 1. The lowest BCUT2D eigenvalue weighted by molar-refractivity contribution is -0.142. The highest BCUT2D eigenvalue weighted by atomic mass is 19.4. The monoisotopic (exact) mass is 246 g/mol. The SMILES string of the molecule is CN(C(=O)CCC(F)(F)F)c1ccccc1N. The summed E-state index contributed by atoms with van der Waals surface area (Å²) in [6, 6.07) is 6.52. The van der Waals surface area contributed by atoms with Crippen LogP contribution in [0.1, 0.15) is 12.8 Å². The topological polar surface area (TPSA) is 46.3 Å². The van der Waals surface area contributed by atoms with Crippen LogP contribution in [0.25, 0.3) is 0 Å². The molecule has 0 radical (unpaired) electrons. The van der Waals surface area contributed by atoms with Gasteiger partial charge >= 0.3 is 6.18 Å². The van der Waals surface area contributed by atoms with Crippen LogP contribution in [0.5, 0.6) is 0 Å². The van der Waals surface area contributed by atoms with Crippen molar-refractivity contribution in [3.8, 4) is 0 Å². The highest BCUT2D eigenvalue weighted by molar-refractivity contribution is 5.95. The zero-order chi connectivity index (χ0) is 13.1. The Morgan fingerprint density at radius 3 is 2.47 bits per heavy atom. The number of nitrogen functional groups attached to an aromatic ring is 1. The van der Waals surface area contributed by atoms with E-state index in [1.807, 2.05) is 0 Å². The molecule has 0 spiro atoms. The average Bonchev–Trinajstić information content (AvgIpc) is 2.24. The highest BCUT2D eigenvalue weighted by Crippen LogP contribution is 2.25. The Bertz CT molecular complexity index is 404. The maximum absolute atomic E-state index is 12.0. The van der Waals surface area contributed by atoms with Crippen LogP contribution >= 0.6 is 0 Å². The summed E-state index contributed by atoms with van der Waals surface area (Å²) >= 11 is 0. The van der Waals surface area contributed by atoms with Crippen LogP contribution in [0.2, 0.25) is 0 Å². The average molecular weight is 246 g/mol. The Labute approximate surface area is 97.0 Å². The number of halogens is 3. The largest absolute Gasteiger partial charge is 0.397 e. The van der Waals surface area contributed by atoms with E-state index in [0.717, 1.165) is 4.90 Å². The predicted molar refractivity (Wildman–Crippen MR) is 59.6 cm³/mol. The lowest BCUT2D eigenvalue weighted by atomic mass is 10.2. The molecule has 3 nitrogen and oxygen atoms in total. The van der Waals surface area contributed by atoms with Gasteiger partial charge in [-0.05, 0) is 12.1 Å². The van der Waals surface area contributed by atoms with Gasteiger partial charge in [0, 0.05) is 13.5 Å². The summed E-state index contributed by atoms with van der Waals surface area (Å²) in [6.07, 6.45) is -6.02. The van der Waals surface area contributed by atoms with E-state index in [0.29, 0.717) is 11.4 Å². The number of nitrogens with zero attached hydrogens (tertiary/aromatic N) is 1. The number of benzene rings is 1. The molecule has 0 bridgehead atoms. The number of carbonyl (C=O) groups excluding carboxylic acids is 1. The number of anilines is 2. The Kier molecular flexibility index (Phi) is 3.98. The summed E-state index contributed by atoms with van der Waals surface area (Å²) in [6.45, 7) is 0. The fourth-order valence-corrected chi connectivity index (χ4v) is 1.34. The second kappa shape index (κ2) is 5.07. The van der Waals surface area contributed by atoms with Crippen LogP contribution in [-0.4, -0.2) is 19.1 Å². The number of nitrogens with two attached hydrogens (primary N) is 1. The van der Waals surface area contributed by atoms with Gasteiger partial charge in [0.1, 0.15) is 0 Å². The number of amides is 1. The van der Waals surface area contributed by atoms with E-state index < -0.39 is 24.9 Å². The predicted octanol–water partition coefficient (Wildman–Crippen LogP) is 2.57. The van der Waals surface area contributed by atoms with E-state index in [2.05, 4.69) is 0 Å². The molecule has 94 valence electrons. The Balaban J connectivity index is 2.68. The van der Waals surface area contributed by atoms with E-state index in [1.54, 1.807) is 24.3 Å². The summed E-state index contributed by atoms with van der Waals surface area (Å²) in [5.74, 6) is -0.611. The number of alkyl halides is 3. The van der Waals surface area contributed by atoms with Crippen LogP contribution < -0.4 is 10.6 Å². The van der Waals surface area contributed by atoms with E-state index in [9.17, 15) is 18.0 Å². The van der Waals surface area contributed by atoms with Gasteiger partial charge in [0.15, 0.2) is 0 Å². The molecule has 1 aromatic carbocycles. The maximum atomic E-state index is 12.0. The first-order valence-electron chi connectivity index (χ1n) is 4.99. The molecular formula is C11H13F3N2O. The zero-order valence-corrected chi connectivity index (χ0v) is 9.29. The lowest BCUT2D eigenvalue weighted by Gasteiger charge is -2.19. The molecule has 1 aromatic rings. The van der Waals surface area contributed by atoms with Crippen molar-refractivity contribution in [3.05, 3.63) is 24.3 Å². The van der Waals surface area contributed by atoms with Gasteiger partial charge in [-0.15, -0.1) is 0 Å². The molecule has 0 aliphatic carbocycles. The van der Waals surface area contributed by atoms with Crippen molar-refractivity contribution in [3.63, 3.8) is 0 Å². The highest BCUT2D eigenvalue weighted by Gasteiger charge is 2.29. The van der Waals surface area contributed by atoms with Crippen molar-refractivity contribution in [2.24, 2.45) is 0 Å². The van der Waals surface area contributed by atoms with Gasteiger partial charge in [-0.2, -0.15) is 13.2 Å². The minimum Gasteiger partial charge on any atom is -0.397 e. The lowest BCUT2D eigenvalue weighted by Crippen LogP contribution is -2.28. The molecule has 0 aromatic heterocycles. The quantitative estimate of drug-likeness (QED) is 0.833. The molecule has 0 unspecified atom stereocenters. The van der Waals surface area contributed by atoms with Crippen molar-refractivity contribution in [1.29, 1.82) is 0 Å². The van der Waals surface area contributed by atoms with E-state index >= 15 is 0 Å². The smallest absolute Gasteiger partial charge is 0.389 e. The van der Waals surface area contributed by atoms with Gasteiger partial charge < -0.3 is 10.6 Å². The molecule has 1 amide bonds. The molecule has 0 aliphatic rings. The van der Waals surface area contributed by atoms with Gasteiger partial charge in [0.25, 0.3) is 0 Å². The van der Waals surface area contributed by atoms with E-state index in [4.69, 9.17) is 5.73 Å². The van der Waals surface area contributed by atoms with Crippen molar-refractivity contribution in [1.82, 2.24) is 0 Å². The molecule has 1 rings (SSSR count). The fourth-order valence-electron chi connectivity index (χ4n) is 1.34. The Morgan fingerprint density at radius 1 is 1.35 bits per heavy atom. The van der Waals surface area contributed by atoms with Crippen molar-refractivity contribution >= 4 is 17.3 Å². The third-order valence-corrected chi connectivity index (χ3v) is 2.29. The fraction of sp³-hybridized carbons (Fsp3) is 0.364. The Hall–Kier alpha value is -1.72. The maximum Gasteiger partial charge on any atom is 0.389 e. The first-order chi connectivity index (χ1) is 7.81. The van der Waals surface area contributed by atoms with Crippen LogP contribution in [0.15, 0.2) is 24.3 Å². The Morgan fingerprint density at radius 2 is 1.94 bits per heavy atom. The summed E-state index contributed by atoms with van der Waals surface area (Å²) in [5, 5.41) is 0. The molecule has 0 saturated heterocycles. The summed E-state index contributed by atoms with van der Waals surface area (Å²) in [5.41, 5.74) is 6.40. The normalized spacial score (nSPS) is 11.3. The van der Waals surface area contributed by atoms with Gasteiger partial charge in [-0.25, -0.2) is 0 Å². The van der Waals surface area contributed by atoms with Crippen molar-refractivity contribution in [2.75, 3.05) is 17.7 Å². The molecule has 0 heterocycles. The third kappa shape index (κ3) is 3.97. The number of hydrogen-bond acceptors (Lipinski definition) is 2. The number of hydrogen-bond donors (Lipinski definition) is 1. The zero-order valence-electron chi connectivity index (χ0n) is 9.29. The van der Waals surface area contributed by atoms with Gasteiger partial charge in [-0.3, -0.25) is 4.79 Å². The summed E-state index contributed by atoms with van der Waals surface area (Å²) < 4.78 is 35.9. The van der Waals surface area contributed by atoms with Gasteiger partial charge in [0.05, 0.1) is 17.8 Å². The van der Waals surface area contributed by atoms with Crippen LogP contribution in [0, 0.1) is 0 Å². The molecule has 17 heavy (non-hydrogen) atoms. The molecule has 0 fully saturated rings. The minimum absolute atomic E-state index is 0.357. The first kappa shape index (κ1) is 13.3. The number of rotatable bonds is 3. The standard InChI is InChI=1S/C11H13F3N2O/c1-16(9-5-3-2-4-8(9)15)10(17)6-7-11(12,13)14/h2-5H,6-7,15H2,1H3. The van der Waals surface area contributed by atoms with E-state index in [-0.39, 0.29) is 0 Å². The molecule has 6 heteroatoms. The first-order valence-corrected chi connectivity index (χ1v) is 4.99. The van der Waals surface area contributed by atoms with E-state index in [1.165, 1.54) is 7.05 Å².